The molecule has 0 radical (unpaired) electrons. The second-order valence-corrected chi connectivity index (χ2v) is 6.86. The maximum Gasteiger partial charge on any atom is 0.335 e. The summed E-state index contributed by atoms with van der Waals surface area (Å²) in [6, 6.07) is 0. The van der Waals surface area contributed by atoms with E-state index in [1.807, 2.05) is 13.1 Å². The van der Waals surface area contributed by atoms with Crippen LogP contribution < -0.4 is 0 Å². The zero-order valence-electron chi connectivity index (χ0n) is 18.9. The van der Waals surface area contributed by atoms with Gasteiger partial charge in [-0.15, -0.1) is 10.2 Å². The van der Waals surface area contributed by atoms with E-state index in [4.69, 9.17) is 28.5 Å². The molecule has 13 nitrogen and oxygen atoms in total. The standard InChI is InChI=1S/C20H32N4O9/c1-2-23-15-17(21-22-23)16-32-14-13-31-12-11-30-10-9-29-8-7-28-6-5-20(27)33-24-18(25)3-4-19(24)26/h15H,2-14,16H2,1H3. The molecule has 0 spiro atoms. The summed E-state index contributed by atoms with van der Waals surface area (Å²) in [5.41, 5.74) is 0.793. The smallest absolute Gasteiger partial charge is 0.335 e. The van der Waals surface area contributed by atoms with Crippen molar-refractivity contribution >= 4 is 17.8 Å². The van der Waals surface area contributed by atoms with Gasteiger partial charge in [0, 0.05) is 19.4 Å². The Balaban J connectivity index is 1.28. The molecule has 0 N–H and O–H groups in total. The lowest BCUT2D eigenvalue weighted by Crippen LogP contribution is -2.32. The van der Waals surface area contributed by atoms with Gasteiger partial charge in [-0.05, 0) is 6.92 Å². The van der Waals surface area contributed by atoms with Gasteiger partial charge in [-0.25, -0.2) is 4.79 Å². The Morgan fingerprint density at radius 3 is 1.88 bits per heavy atom. The first-order valence-corrected chi connectivity index (χ1v) is 10.9. The summed E-state index contributed by atoms with van der Waals surface area (Å²) in [4.78, 5) is 39.0. The Morgan fingerprint density at radius 1 is 0.848 bits per heavy atom. The number of carbonyl (C=O) groups is 3. The van der Waals surface area contributed by atoms with E-state index in [9.17, 15) is 14.4 Å². The topological polar surface area (TPSA) is 141 Å². The molecule has 0 atom stereocenters. The van der Waals surface area contributed by atoms with Crippen LogP contribution in [-0.4, -0.2) is 97.3 Å². The van der Waals surface area contributed by atoms with Crippen molar-refractivity contribution in [3.63, 3.8) is 0 Å². The van der Waals surface area contributed by atoms with Gasteiger partial charge in [-0.1, -0.05) is 5.21 Å². The number of carbonyl (C=O) groups excluding carboxylic acids is 3. The summed E-state index contributed by atoms with van der Waals surface area (Å²) >= 11 is 0. The van der Waals surface area contributed by atoms with E-state index in [0.29, 0.717) is 64.5 Å². The fourth-order valence-corrected chi connectivity index (χ4v) is 2.58. The quantitative estimate of drug-likeness (QED) is 0.196. The van der Waals surface area contributed by atoms with Crippen LogP contribution >= 0.6 is 0 Å². The van der Waals surface area contributed by atoms with Gasteiger partial charge in [0.25, 0.3) is 11.8 Å². The van der Waals surface area contributed by atoms with Crippen LogP contribution in [0.4, 0.5) is 0 Å². The highest BCUT2D eigenvalue weighted by atomic mass is 16.7. The molecule has 1 aliphatic heterocycles. The maximum absolute atomic E-state index is 11.6. The van der Waals surface area contributed by atoms with Crippen LogP contribution in [-0.2, 0) is 56.1 Å². The normalized spacial score (nSPS) is 13.8. The van der Waals surface area contributed by atoms with Gasteiger partial charge in [0.2, 0.25) is 0 Å². The summed E-state index contributed by atoms with van der Waals surface area (Å²) in [6.07, 6.45) is 1.92. The molecule has 33 heavy (non-hydrogen) atoms. The summed E-state index contributed by atoms with van der Waals surface area (Å²) in [7, 11) is 0. The first-order chi connectivity index (χ1) is 16.1. The number of rotatable bonds is 19. The Morgan fingerprint density at radius 2 is 1.36 bits per heavy atom. The van der Waals surface area contributed by atoms with Crippen LogP contribution in [0.3, 0.4) is 0 Å². The van der Waals surface area contributed by atoms with Crippen molar-refractivity contribution in [3.05, 3.63) is 11.9 Å². The molecule has 0 saturated carbocycles. The third-order valence-corrected chi connectivity index (χ3v) is 4.30. The van der Waals surface area contributed by atoms with Crippen molar-refractivity contribution in [2.45, 2.75) is 39.3 Å². The molecule has 2 heterocycles. The van der Waals surface area contributed by atoms with Gasteiger partial charge >= 0.3 is 5.97 Å². The molecular weight excluding hydrogens is 440 g/mol. The predicted octanol–water partition coefficient (Wildman–Crippen LogP) is -0.122. The Hall–Kier alpha value is -2.45. The highest BCUT2D eigenvalue weighted by Crippen LogP contribution is 2.12. The largest absolute Gasteiger partial charge is 0.378 e. The minimum atomic E-state index is -0.692. The molecule has 2 rings (SSSR count). The van der Waals surface area contributed by atoms with E-state index in [-0.39, 0.29) is 25.9 Å². The van der Waals surface area contributed by atoms with E-state index < -0.39 is 17.8 Å². The lowest BCUT2D eigenvalue weighted by atomic mass is 10.4. The fraction of sp³-hybridized carbons (Fsp3) is 0.750. The lowest BCUT2D eigenvalue weighted by molar-refractivity contribution is -0.198. The number of amides is 2. The third kappa shape index (κ3) is 11.3. The van der Waals surface area contributed by atoms with Gasteiger partial charge in [-0.2, -0.15) is 0 Å². The molecule has 0 aromatic carbocycles. The SMILES string of the molecule is CCn1cc(COCCOCCOCCOCCOCCC(=O)ON2C(=O)CCC2=O)nn1. The Kier molecular flexibility index (Phi) is 13.2. The van der Waals surface area contributed by atoms with Crippen LogP contribution in [0.1, 0.15) is 31.9 Å². The molecule has 2 amide bonds. The van der Waals surface area contributed by atoms with E-state index in [2.05, 4.69) is 10.3 Å². The summed E-state index contributed by atoms with van der Waals surface area (Å²) < 4.78 is 28.6. The number of aromatic nitrogens is 3. The minimum Gasteiger partial charge on any atom is -0.378 e. The molecule has 0 aliphatic carbocycles. The summed E-state index contributed by atoms with van der Waals surface area (Å²) in [5, 5.41) is 8.44. The van der Waals surface area contributed by atoms with E-state index in [1.54, 1.807) is 4.68 Å². The van der Waals surface area contributed by atoms with E-state index in [0.717, 1.165) is 12.2 Å². The second kappa shape index (κ2) is 16.2. The number of hydrogen-bond acceptors (Lipinski definition) is 11. The predicted molar refractivity (Wildman–Crippen MR) is 110 cm³/mol. The molecule has 186 valence electrons. The molecule has 1 aromatic rings. The number of hydroxylamine groups is 2. The zero-order valence-corrected chi connectivity index (χ0v) is 18.9. The zero-order chi connectivity index (χ0) is 23.7. The van der Waals surface area contributed by atoms with Gasteiger partial charge in [0.15, 0.2) is 0 Å². The number of ether oxygens (including phenoxy) is 5. The van der Waals surface area contributed by atoms with Crippen molar-refractivity contribution in [1.82, 2.24) is 20.1 Å². The Labute approximate surface area is 192 Å². The van der Waals surface area contributed by atoms with Crippen LogP contribution in [0.2, 0.25) is 0 Å². The van der Waals surface area contributed by atoms with Crippen molar-refractivity contribution in [2.75, 3.05) is 59.5 Å². The average Bonchev–Trinajstić information content (AvgIpc) is 3.40. The van der Waals surface area contributed by atoms with Gasteiger partial charge < -0.3 is 28.5 Å². The summed E-state index contributed by atoms with van der Waals surface area (Å²) in [6.45, 7) is 6.62. The van der Waals surface area contributed by atoms with E-state index >= 15 is 0 Å². The number of imide groups is 1. The maximum atomic E-state index is 11.6. The van der Waals surface area contributed by atoms with Crippen LogP contribution in [0.15, 0.2) is 6.20 Å². The second-order valence-electron chi connectivity index (χ2n) is 6.86. The highest BCUT2D eigenvalue weighted by molar-refractivity contribution is 6.01. The minimum absolute atomic E-state index is 0.0638. The van der Waals surface area contributed by atoms with Crippen molar-refractivity contribution in [3.8, 4) is 0 Å². The van der Waals surface area contributed by atoms with Crippen LogP contribution in [0.25, 0.3) is 0 Å². The number of nitrogens with zero attached hydrogens (tertiary/aromatic N) is 4. The average molecular weight is 472 g/mol. The molecule has 1 fully saturated rings. The number of hydrogen-bond donors (Lipinski definition) is 0. The molecule has 0 unspecified atom stereocenters. The Bertz CT molecular complexity index is 712. The lowest BCUT2D eigenvalue weighted by Gasteiger charge is -2.12. The first kappa shape index (κ1) is 26.8. The van der Waals surface area contributed by atoms with Crippen molar-refractivity contribution in [2.24, 2.45) is 0 Å². The monoisotopic (exact) mass is 472 g/mol. The summed E-state index contributed by atoms with van der Waals surface area (Å²) in [5.74, 6) is -1.70. The van der Waals surface area contributed by atoms with Gasteiger partial charge in [-0.3, -0.25) is 14.3 Å². The number of aryl methyl sites for hydroxylation is 1. The van der Waals surface area contributed by atoms with Gasteiger partial charge in [0.05, 0.1) is 78.7 Å². The molecule has 0 bridgehead atoms. The van der Waals surface area contributed by atoms with Crippen molar-refractivity contribution in [1.29, 1.82) is 0 Å². The molecular formula is C20H32N4O9. The van der Waals surface area contributed by atoms with Gasteiger partial charge in [0.1, 0.15) is 5.69 Å². The van der Waals surface area contributed by atoms with E-state index in [1.165, 1.54) is 0 Å². The highest BCUT2D eigenvalue weighted by Gasteiger charge is 2.32. The van der Waals surface area contributed by atoms with Crippen molar-refractivity contribution < 1.29 is 42.9 Å². The molecule has 1 saturated heterocycles. The molecule has 1 aliphatic rings. The third-order valence-electron chi connectivity index (χ3n) is 4.30. The molecule has 1 aromatic heterocycles. The fourth-order valence-electron chi connectivity index (χ4n) is 2.58. The van der Waals surface area contributed by atoms with Crippen LogP contribution in [0.5, 0.6) is 0 Å². The first-order valence-electron chi connectivity index (χ1n) is 10.9. The molecule has 13 heteroatoms. The van der Waals surface area contributed by atoms with Crippen LogP contribution in [0, 0.1) is 0 Å².